The zero-order chi connectivity index (χ0) is 48.5. The minimum absolute atomic E-state index is 0.00767. The van der Waals surface area contributed by atoms with Gasteiger partial charge in [0.05, 0.1) is 46.1 Å². The molecule has 68 heavy (non-hydrogen) atoms. The van der Waals surface area contributed by atoms with Crippen molar-refractivity contribution < 1.29 is 62.2 Å². The number of sulfonamides is 1. The number of amides is 1. The van der Waals surface area contributed by atoms with E-state index in [9.17, 15) is 43.9 Å². The summed E-state index contributed by atoms with van der Waals surface area (Å²) in [5, 5.41) is 9.96. The molecule has 2 N–H and O–H groups in total. The number of aromatic nitrogens is 5. The van der Waals surface area contributed by atoms with E-state index in [1.807, 2.05) is 18.7 Å². The summed E-state index contributed by atoms with van der Waals surface area (Å²) < 4.78 is 173. The number of nitrogens with zero attached hydrogens (tertiary/aromatic N) is 8. The number of hydrogen-bond donors (Lipinski definition) is 2. The maximum absolute atomic E-state index is 15.7. The van der Waals surface area contributed by atoms with Crippen molar-refractivity contribution in [2.45, 2.75) is 94.8 Å². The first kappa shape index (κ1) is 46.1. The number of alkyl halides is 7. The third kappa shape index (κ3) is 8.37. The van der Waals surface area contributed by atoms with E-state index in [0.29, 0.717) is 35.2 Å². The van der Waals surface area contributed by atoms with Crippen LogP contribution in [0, 0.1) is 17.6 Å². The Hall–Kier alpha value is -5.66. The van der Waals surface area contributed by atoms with Crippen LogP contribution in [0.3, 0.4) is 0 Å². The zero-order valence-electron chi connectivity index (χ0n) is 35.7. The molecule has 10 rings (SSSR count). The Kier molecular flexibility index (Phi) is 11.0. The molecule has 7 atom stereocenters. The van der Waals surface area contributed by atoms with Crippen LogP contribution >= 0.6 is 11.6 Å². The van der Waals surface area contributed by atoms with Crippen molar-refractivity contribution >= 4 is 67.4 Å². The number of hydrogen-bond acceptors (Lipinski definition) is 11. The molecule has 5 aliphatic rings. The Labute approximate surface area is 385 Å². The molecule has 0 bridgehead atoms. The SMILES string of the molecule is C[C@@H]1CN(c2ccc3c(n2)N=C([C@H](Cc2cc(F)cc(F)c2)NC(=O)Cn2nc(C(F)(F)F)c4c2C(F)(F)C2C[C@@H]42)N(c2ccc(Cl)c4c(NS(C)(=O)=O)nn(CC(F)F)c24)C2OC32)C[C@H](C)O1. The maximum atomic E-state index is 15.7. The number of rotatable bonds is 12. The van der Waals surface area contributed by atoms with E-state index in [0.717, 1.165) is 23.1 Å². The summed E-state index contributed by atoms with van der Waals surface area (Å²) in [6.45, 7) is 2.30. The molecule has 3 aliphatic heterocycles. The largest absolute Gasteiger partial charge is 0.435 e. The van der Waals surface area contributed by atoms with E-state index >= 15 is 8.78 Å². The molecule has 1 amide bonds. The summed E-state index contributed by atoms with van der Waals surface area (Å²) in [5.41, 5.74) is -3.24. The van der Waals surface area contributed by atoms with Crippen LogP contribution in [0.4, 0.5) is 62.7 Å². The quantitative estimate of drug-likeness (QED) is 0.0951. The molecular formula is C42H38ClF9N10O5S. The second-order valence-corrected chi connectivity index (χ2v) is 19.7. The molecule has 26 heteroatoms. The van der Waals surface area contributed by atoms with E-state index in [4.69, 9.17) is 31.1 Å². The monoisotopic (exact) mass is 1000 g/mol. The Balaban J connectivity index is 1.16. The van der Waals surface area contributed by atoms with Crippen molar-refractivity contribution in [1.82, 2.24) is 29.9 Å². The highest BCUT2D eigenvalue weighted by Gasteiger charge is 2.68. The molecular weight excluding hydrogens is 963 g/mol. The zero-order valence-corrected chi connectivity index (χ0v) is 37.3. The first-order valence-corrected chi connectivity index (χ1v) is 23.4. The van der Waals surface area contributed by atoms with Gasteiger partial charge in [-0.25, -0.2) is 36.0 Å². The smallest absolute Gasteiger partial charge is 0.372 e. The molecule has 0 spiro atoms. The molecule has 2 aromatic carbocycles. The van der Waals surface area contributed by atoms with Gasteiger partial charge >= 0.3 is 6.18 Å². The number of epoxide rings is 1. The molecule has 2 saturated heterocycles. The Morgan fingerprint density at radius 2 is 1.71 bits per heavy atom. The van der Waals surface area contributed by atoms with Crippen LogP contribution in [0.25, 0.3) is 10.9 Å². The van der Waals surface area contributed by atoms with Gasteiger partial charge in [-0.1, -0.05) is 11.6 Å². The lowest BCUT2D eigenvalue weighted by Crippen LogP contribution is -2.52. The van der Waals surface area contributed by atoms with E-state index in [-0.39, 0.29) is 57.5 Å². The molecule has 3 fully saturated rings. The predicted molar refractivity (Wildman–Crippen MR) is 227 cm³/mol. The first-order chi connectivity index (χ1) is 31.9. The van der Waals surface area contributed by atoms with Gasteiger partial charge in [-0.05, 0) is 68.1 Å². The summed E-state index contributed by atoms with van der Waals surface area (Å²) in [7, 11) is -4.11. The second-order valence-electron chi connectivity index (χ2n) is 17.6. The van der Waals surface area contributed by atoms with Crippen molar-refractivity contribution in [1.29, 1.82) is 0 Å². The molecule has 15 nitrogen and oxygen atoms in total. The Morgan fingerprint density at radius 3 is 2.37 bits per heavy atom. The van der Waals surface area contributed by atoms with Crippen LogP contribution in [0.15, 0.2) is 47.5 Å². The summed E-state index contributed by atoms with van der Waals surface area (Å²) in [6.07, 6.45) is -10.6. The molecule has 362 valence electrons. The Bertz CT molecular complexity index is 3010. The van der Waals surface area contributed by atoms with Gasteiger partial charge in [0.1, 0.15) is 48.2 Å². The number of fused-ring (bicyclic) bond motifs is 7. The maximum Gasteiger partial charge on any atom is 0.435 e. The van der Waals surface area contributed by atoms with Crippen molar-refractivity contribution in [2.75, 3.05) is 33.9 Å². The first-order valence-electron chi connectivity index (χ1n) is 21.1. The summed E-state index contributed by atoms with van der Waals surface area (Å²) in [6, 6.07) is 6.94. The van der Waals surface area contributed by atoms with Gasteiger partial charge < -0.3 is 19.7 Å². The highest BCUT2D eigenvalue weighted by atomic mass is 35.5. The number of carbonyl (C=O) groups is 1. The van der Waals surface area contributed by atoms with Gasteiger partial charge in [-0.3, -0.25) is 23.8 Å². The van der Waals surface area contributed by atoms with Crippen LogP contribution < -0.4 is 19.8 Å². The lowest BCUT2D eigenvalue weighted by molar-refractivity contribution is -0.142. The van der Waals surface area contributed by atoms with Crippen LogP contribution in [-0.2, 0) is 55.9 Å². The number of halogens is 10. The van der Waals surface area contributed by atoms with Gasteiger partial charge in [0, 0.05) is 42.6 Å². The number of aliphatic imine (C=N–C) groups is 1. The van der Waals surface area contributed by atoms with Crippen molar-refractivity contribution in [3.05, 3.63) is 87.2 Å². The van der Waals surface area contributed by atoms with Crippen molar-refractivity contribution in [3.63, 3.8) is 0 Å². The predicted octanol–water partition coefficient (Wildman–Crippen LogP) is 7.41. The number of nitrogens with one attached hydrogen (secondary N) is 2. The summed E-state index contributed by atoms with van der Waals surface area (Å²) in [4.78, 5) is 27.5. The molecule has 6 heterocycles. The number of amidine groups is 1. The number of morpholine rings is 1. The number of pyridine rings is 1. The topological polar surface area (TPSA) is 164 Å². The van der Waals surface area contributed by atoms with Crippen LogP contribution in [0.2, 0.25) is 5.02 Å². The van der Waals surface area contributed by atoms with Crippen LogP contribution in [-0.4, -0.2) is 95.0 Å². The number of ether oxygens (including phenoxy) is 2. The third-order valence-electron chi connectivity index (χ3n) is 12.3. The van der Waals surface area contributed by atoms with E-state index < -0.39 is 119 Å². The standard InChI is InChI=1S/C42H38ClF9N10O5S/c1-17-13-59(14-18(2)66-17)29-7-4-22-34-40(67-34)62(27-6-5-25(43)32-33(27)60(15-28(46)47)57-38(32)58-68(3,64)65)39(55-37(22)54-29)26(10-19-8-20(44)11-21(45)9-19)53-30(63)16-61-36-31(35(56-61)42(50,51)52)23-12-24(23)41(36,48)49/h4-9,11,17-18,23-24,26,28,34,40H,10,12-16H2,1-3H3,(H,53,63)(H,57,58)/t17-,18+,23-,24?,26+,34?,40?/m1/s1. The minimum Gasteiger partial charge on any atom is -0.372 e. The van der Waals surface area contributed by atoms with E-state index in [2.05, 4.69) is 20.2 Å². The Morgan fingerprint density at radius 1 is 1.00 bits per heavy atom. The molecule has 1 saturated carbocycles. The average Bonchev–Trinajstić information content (AvgIpc) is 4.10. The van der Waals surface area contributed by atoms with Gasteiger partial charge in [0.15, 0.2) is 23.6 Å². The van der Waals surface area contributed by atoms with Gasteiger partial charge in [-0.15, -0.1) is 0 Å². The van der Waals surface area contributed by atoms with Gasteiger partial charge in [0.25, 0.3) is 12.3 Å². The molecule has 3 aromatic heterocycles. The lowest BCUT2D eigenvalue weighted by atomic mass is 10.0. The molecule has 5 aromatic rings. The lowest BCUT2D eigenvalue weighted by Gasteiger charge is -2.36. The summed E-state index contributed by atoms with van der Waals surface area (Å²) in [5.74, 6) is -9.78. The summed E-state index contributed by atoms with van der Waals surface area (Å²) >= 11 is 6.66. The third-order valence-corrected chi connectivity index (χ3v) is 13.2. The van der Waals surface area contributed by atoms with Gasteiger partial charge in [-0.2, -0.15) is 32.1 Å². The van der Waals surface area contributed by atoms with Crippen LogP contribution in [0.5, 0.6) is 0 Å². The molecule has 3 unspecified atom stereocenters. The number of benzene rings is 2. The van der Waals surface area contributed by atoms with Crippen molar-refractivity contribution in [2.24, 2.45) is 10.9 Å². The number of anilines is 3. The van der Waals surface area contributed by atoms with Crippen molar-refractivity contribution in [3.8, 4) is 0 Å². The highest BCUT2D eigenvalue weighted by Crippen LogP contribution is 2.68. The number of carbonyl (C=O) groups excluding carboxylic acids is 1. The average molecular weight is 1000 g/mol. The fourth-order valence-corrected chi connectivity index (χ4v) is 10.5. The fourth-order valence-electron chi connectivity index (χ4n) is 9.74. The highest BCUT2D eigenvalue weighted by molar-refractivity contribution is 7.92. The molecule has 0 radical (unpaired) electrons. The van der Waals surface area contributed by atoms with E-state index in [1.54, 1.807) is 12.1 Å². The van der Waals surface area contributed by atoms with E-state index in [1.165, 1.54) is 17.0 Å². The fraction of sp³-hybridized carbons (Fsp3) is 0.452. The molecule has 2 aliphatic carbocycles. The normalized spacial score (nSPS) is 24.2. The minimum atomic E-state index is -5.15. The van der Waals surface area contributed by atoms with Crippen LogP contribution in [0.1, 0.15) is 60.4 Å². The van der Waals surface area contributed by atoms with Gasteiger partial charge in [0.2, 0.25) is 15.9 Å². The second kappa shape index (κ2) is 16.2.